The van der Waals surface area contributed by atoms with Gasteiger partial charge in [-0.25, -0.2) is 8.42 Å². The van der Waals surface area contributed by atoms with Gasteiger partial charge >= 0.3 is 0 Å². The second-order valence-electron chi connectivity index (χ2n) is 7.66. The van der Waals surface area contributed by atoms with Crippen LogP contribution in [0.3, 0.4) is 0 Å². The van der Waals surface area contributed by atoms with E-state index in [0.29, 0.717) is 23.7 Å². The number of aliphatic hydroxyl groups excluding tert-OH is 1. The highest BCUT2D eigenvalue weighted by Crippen LogP contribution is 2.28. The lowest BCUT2D eigenvalue weighted by Gasteiger charge is -2.17. The van der Waals surface area contributed by atoms with Crippen LogP contribution in [-0.2, 0) is 21.2 Å². The maximum absolute atomic E-state index is 11.7. The molecule has 32 heavy (non-hydrogen) atoms. The first-order valence-electron chi connectivity index (χ1n) is 10.0. The van der Waals surface area contributed by atoms with Gasteiger partial charge in [0.15, 0.2) is 6.61 Å². The second-order valence-corrected chi connectivity index (χ2v) is 9.85. The molecule has 4 N–H and O–H groups in total. The van der Waals surface area contributed by atoms with Crippen molar-refractivity contribution in [1.29, 1.82) is 0 Å². The summed E-state index contributed by atoms with van der Waals surface area (Å²) in [7, 11) is -3.63. The Balaban J connectivity index is 1.60. The van der Waals surface area contributed by atoms with E-state index in [1.54, 1.807) is 24.3 Å². The number of sulfonamides is 1. The van der Waals surface area contributed by atoms with E-state index in [-0.39, 0.29) is 6.04 Å². The Morgan fingerprint density at radius 3 is 2.72 bits per heavy atom. The number of fused-ring (bicyclic) bond motifs is 1. The number of amides is 1. The molecule has 0 fully saturated rings. The van der Waals surface area contributed by atoms with Crippen molar-refractivity contribution in [3.63, 3.8) is 0 Å². The largest absolute Gasteiger partial charge is 0.482 e. The maximum Gasteiger partial charge on any atom is 0.271 e. The van der Waals surface area contributed by atoms with E-state index in [4.69, 9.17) is 16.3 Å². The highest BCUT2D eigenvalue weighted by Gasteiger charge is 2.15. The van der Waals surface area contributed by atoms with Gasteiger partial charge in [-0.1, -0.05) is 35.9 Å². The number of aromatic nitrogens is 1. The summed E-state index contributed by atoms with van der Waals surface area (Å²) in [4.78, 5) is 14.9. The van der Waals surface area contributed by atoms with Gasteiger partial charge in [0.05, 0.1) is 17.9 Å². The van der Waals surface area contributed by atoms with Crippen LogP contribution in [0.15, 0.2) is 48.7 Å². The monoisotopic (exact) mass is 479 g/mol. The molecule has 1 unspecified atom stereocenters. The summed E-state index contributed by atoms with van der Waals surface area (Å²) in [6.07, 6.45) is 2.81. The molecule has 2 aromatic carbocycles. The van der Waals surface area contributed by atoms with E-state index < -0.39 is 28.6 Å². The molecule has 1 amide bonds. The van der Waals surface area contributed by atoms with Crippen molar-refractivity contribution in [3.8, 4) is 5.75 Å². The van der Waals surface area contributed by atoms with Crippen molar-refractivity contribution in [1.82, 2.24) is 15.0 Å². The quantitative estimate of drug-likeness (QED) is 0.354. The molecule has 0 saturated carbocycles. The average Bonchev–Trinajstić information content (AvgIpc) is 3.12. The van der Waals surface area contributed by atoms with Crippen LogP contribution in [0, 0.1) is 0 Å². The number of aromatic amines is 1. The van der Waals surface area contributed by atoms with Crippen molar-refractivity contribution in [2.75, 3.05) is 19.4 Å². The van der Waals surface area contributed by atoms with Gasteiger partial charge in [0.25, 0.3) is 5.91 Å². The van der Waals surface area contributed by atoms with Crippen molar-refractivity contribution in [2.45, 2.75) is 25.5 Å². The van der Waals surface area contributed by atoms with Crippen LogP contribution < -0.4 is 14.8 Å². The van der Waals surface area contributed by atoms with E-state index in [1.807, 2.05) is 36.0 Å². The van der Waals surface area contributed by atoms with Gasteiger partial charge in [0.2, 0.25) is 10.0 Å². The first kappa shape index (κ1) is 24.1. The zero-order valence-corrected chi connectivity index (χ0v) is 19.3. The predicted octanol–water partition coefficient (Wildman–Crippen LogP) is 2.53. The Hall–Kier alpha value is -2.59. The van der Waals surface area contributed by atoms with Crippen molar-refractivity contribution in [2.24, 2.45) is 0 Å². The minimum Gasteiger partial charge on any atom is -0.482 e. The van der Waals surface area contributed by atoms with Crippen molar-refractivity contribution in [3.05, 3.63) is 64.8 Å². The number of rotatable bonds is 10. The Morgan fingerprint density at radius 2 is 2.00 bits per heavy atom. The molecule has 1 heterocycles. The zero-order valence-electron chi connectivity index (χ0n) is 17.8. The number of hydrogen-bond donors (Lipinski definition) is 4. The Bertz CT molecular complexity index is 1200. The summed E-state index contributed by atoms with van der Waals surface area (Å²) < 4.78 is 29.7. The Kier molecular flexibility index (Phi) is 7.78. The number of halogens is 1. The Labute approximate surface area is 192 Å². The molecule has 0 radical (unpaired) electrons. The molecule has 8 nitrogen and oxygen atoms in total. The van der Waals surface area contributed by atoms with E-state index in [2.05, 4.69) is 10.3 Å². The van der Waals surface area contributed by atoms with Crippen LogP contribution in [-0.4, -0.2) is 49.9 Å². The molecule has 0 aliphatic heterocycles. The summed E-state index contributed by atoms with van der Waals surface area (Å²) in [6, 6.07) is 12.7. The molecular formula is C22H26ClN3O5S. The van der Waals surface area contributed by atoms with Crippen molar-refractivity contribution >= 4 is 38.4 Å². The van der Waals surface area contributed by atoms with E-state index in [1.165, 1.54) is 0 Å². The predicted molar refractivity (Wildman–Crippen MR) is 124 cm³/mol. The highest BCUT2D eigenvalue weighted by molar-refractivity contribution is 7.89. The lowest BCUT2D eigenvalue weighted by molar-refractivity contribution is -0.121. The molecule has 1 aromatic heterocycles. The smallest absolute Gasteiger partial charge is 0.271 e. The standard InChI is InChI=1S/C22H26ClN3O5S/c1-14(24-12-19(27)15-5-3-6-17(23)10-15)9-16-11-25-22-18(16)7-4-8-20(22)31-13-21(28)26-32(2,29)30/h3-8,10-11,14,19,24-25,27H,9,12-13H2,1-2H3,(H,26,28)/t14?,19-/m0/s1. The van der Waals surface area contributed by atoms with Crippen LogP contribution in [0.25, 0.3) is 10.9 Å². The number of ether oxygens (including phenoxy) is 1. The fourth-order valence-electron chi connectivity index (χ4n) is 3.40. The SMILES string of the molecule is CC(Cc1c[nH]c2c(OCC(=O)NS(C)(=O)=O)cccc12)NC[C@H](O)c1cccc(Cl)c1. The van der Waals surface area contributed by atoms with Gasteiger partial charge in [-0.2, -0.15) is 0 Å². The van der Waals surface area contributed by atoms with Crippen LogP contribution >= 0.6 is 11.6 Å². The maximum atomic E-state index is 11.7. The van der Waals surface area contributed by atoms with Gasteiger partial charge < -0.3 is 20.1 Å². The van der Waals surface area contributed by atoms with Gasteiger partial charge in [-0.05, 0) is 42.7 Å². The average molecular weight is 480 g/mol. The molecule has 10 heteroatoms. The molecule has 0 aliphatic rings. The summed E-state index contributed by atoms with van der Waals surface area (Å²) in [5.74, 6) is -0.290. The summed E-state index contributed by atoms with van der Waals surface area (Å²) in [5.41, 5.74) is 2.52. The second kappa shape index (κ2) is 10.4. The highest BCUT2D eigenvalue weighted by atomic mass is 35.5. The molecular weight excluding hydrogens is 454 g/mol. The van der Waals surface area contributed by atoms with Crippen molar-refractivity contribution < 1.29 is 23.1 Å². The molecule has 0 saturated heterocycles. The molecule has 3 rings (SSSR count). The number of hydrogen-bond acceptors (Lipinski definition) is 6. The molecule has 0 spiro atoms. The molecule has 3 aromatic rings. The summed E-state index contributed by atoms with van der Waals surface area (Å²) in [5, 5.41) is 15.2. The van der Waals surface area contributed by atoms with Crippen LogP contribution in [0.4, 0.5) is 0 Å². The number of nitrogens with one attached hydrogen (secondary N) is 3. The fourth-order valence-corrected chi connectivity index (χ4v) is 4.07. The number of benzene rings is 2. The lowest BCUT2D eigenvalue weighted by Crippen LogP contribution is -2.33. The molecule has 172 valence electrons. The van der Waals surface area contributed by atoms with Gasteiger partial charge in [0.1, 0.15) is 5.75 Å². The summed E-state index contributed by atoms with van der Waals surface area (Å²) >= 11 is 5.99. The summed E-state index contributed by atoms with van der Waals surface area (Å²) in [6.45, 7) is 1.99. The topological polar surface area (TPSA) is 121 Å². The van der Waals surface area contributed by atoms with Gasteiger partial charge in [-0.15, -0.1) is 0 Å². The molecule has 0 aliphatic carbocycles. The lowest BCUT2D eigenvalue weighted by atomic mass is 10.0. The van der Waals surface area contributed by atoms with Crippen LogP contribution in [0.1, 0.15) is 24.2 Å². The third-order valence-electron chi connectivity index (χ3n) is 4.84. The van der Waals surface area contributed by atoms with E-state index >= 15 is 0 Å². The van der Waals surface area contributed by atoms with Gasteiger partial charge in [-0.3, -0.25) is 9.52 Å². The normalized spacial score (nSPS) is 13.6. The first-order chi connectivity index (χ1) is 15.1. The number of carbonyl (C=O) groups is 1. The first-order valence-corrected chi connectivity index (χ1v) is 12.3. The fraction of sp³-hybridized carbons (Fsp3) is 0.318. The van der Waals surface area contributed by atoms with E-state index in [0.717, 1.165) is 28.3 Å². The zero-order chi connectivity index (χ0) is 23.3. The number of aliphatic hydroxyl groups is 1. The molecule has 2 atom stereocenters. The third-order valence-corrected chi connectivity index (χ3v) is 5.67. The third kappa shape index (κ3) is 6.70. The molecule has 0 bridgehead atoms. The Morgan fingerprint density at radius 1 is 1.25 bits per heavy atom. The number of carbonyl (C=O) groups excluding carboxylic acids is 1. The number of H-pyrrole nitrogens is 1. The van der Waals surface area contributed by atoms with Crippen LogP contribution in [0.5, 0.6) is 5.75 Å². The minimum absolute atomic E-state index is 0.0768. The van der Waals surface area contributed by atoms with Gasteiger partial charge in [0, 0.05) is 29.2 Å². The number of para-hydroxylation sites is 1. The minimum atomic E-state index is -3.63. The van der Waals surface area contributed by atoms with E-state index in [9.17, 15) is 18.3 Å². The van der Waals surface area contributed by atoms with Crippen LogP contribution in [0.2, 0.25) is 5.02 Å².